The van der Waals surface area contributed by atoms with Crippen LogP contribution in [-0.2, 0) is 6.42 Å². The Morgan fingerprint density at radius 2 is 1.97 bits per heavy atom. The second kappa shape index (κ2) is 9.35. The Bertz CT molecular complexity index is 1100. The summed E-state index contributed by atoms with van der Waals surface area (Å²) in [6.07, 6.45) is 2.50. The molecule has 1 heterocycles. The first kappa shape index (κ1) is 23.0. The number of rotatable bonds is 6. The first-order chi connectivity index (χ1) is 15.8. The molecule has 0 spiro atoms. The second-order valence-corrected chi connectivity index (χ2v) is 8.84. The topological polar surface area (TPSA) is 99.3 Å². The molecule has 0 aliphatic heterocycles. The molecule has 1 aliphatic rings. The average molecular weight is 459 g/mol. The van der Waals surface area contributed by atoms with E-state index >= 15 is 0 Å². The molecule has 176 valence electrons. The number of hydrogen-bond acceptors (Lipinski definition) is 4. The van der Waals surface area contributed by atoms with Gasteiger partial charge in [-0.1, -0.05) is 18.2 Å². The largest absolute Gasteiger partial charge is 0.494 e. The van der Waals surface area contributed by atoms with Crippen molar-refractivity contribution in [1.29, 1.82) is 0 Å². The van der Waals surface area contributed by atoms with Crippen LogP contribution in [0.5, 0.6) is 5.75 Å². The number of methoxy groups -OCH3 is 1. The van der Waals surface area contributed by atoms with Gasteiger partial charge >= 0.3 is 6.03 Å². The molecule has 3 aromatic rings. The molecule has 1 aliphatic carbocycles. The van der Waals surface area contributed by atoms with Crippen LogP contribution >= 0.6 is 0 Å². The number of benzene rings is 2. The zero-order chi connectivity index (χ0) is 23.6. The van der Waals surface area contributed by atoms with Crippen molar-refractivity contribution < 1.29 is 23.4 Å². The van der Waals surface area contributed by atoms with E-state index in [1.165, 1.54) is 19.2 Å². The lowest BCUT2D eigenvalue weighted by atomic mass is 9.84. The third-order valence-corrected chi connectivity index (χ3v) is 6.21. The number of hydrogen-bond donors (Lipinski definition) is 4. The van der Waals surface area contributed by atoms with E-state index in [1.54, 1.807) is 6.92 Å². The van der Waals surface area contributed by atoms with Gasteiger partial charge < -0.3 is 25.5 Å². The number of ether oxygens (including phenoxy) is 1. The van der Waals surface area contributed by atoms with Gasteiger partial charge in [0.2, 0.25) is 5.82 Å². The molecule has 1 saturated carbocycles. The maximum Gasteiger partial charge on any atom is 0.315 e. The predicted molar refractivity (Wildman–Crippen MR) is 120 cm³/mol. The van der Waals surface area contributed by atoms with E-state index in [0.29, 0.717) is 37.0 Å². The molecule has 33 heavy (non-hydrogen) atoms. The van der Waals surface area contributed by atoms with Gasteiger partial charge in [-0.15, -0.1) is 0 Å². The quantitative estimate of drug-likeness (QED) is 0.446. The number of H-pyrrole nitrogens is 1. The number of nitrogens with one attached hydrogen (secondary N) is 3. The summed E-state index contributed by atoms with van der Waals surface area (Å²) in [5.41, 5.74) is 0.862. The maximum atomic E-state index is 14.7. The summed E-state index contributed by atoms with van der Waals surface area (Å²) in [7, 11) is 1.27. The maximum absolute atomic E-state index is 14.7. The fraction of sp³-hybridized carbons (Fsp3) is 0.417. The number of urea groups is 1. The lowest BCUT2D eigenvalue weighted by molar-refractivity contribution is 0.0151. The van der Waals surface area contributed by atoms with Crippen LogP contribution in [-0.4, -0.2) is 39.9 Å². The highest BCUT2D eigenvalue weighted by Crippen LogP contribution is 2.29. The molecule has 1 aromatic heterocycles. The van der Waals surface area contributed by atoms with Gasteiger partial charge in [0.15, 0.2) is 11.6 Å². The molecule has 0 saturated heterocycles. The molecule has 1 fully saturated rings. The van der Waals surface area contributed by atoms with E-state index in [-0.39, 0.29) is 23.8 Å². The monoisotopic (exact) mass is 458 g/mol. The van der Waals surface area contributed by atoms with Gasteiger partial charge in [-0.25, -0.2) is 14.2 Å². The van der Waals surface area contributed by atoms with Crippen molar-refractivity contribution in [1.82, 2.24) is 20.6 Å². The number of aromatic nitrogens is 2. The van der Waals surface area contributed by atoms with Crippen LogP contribution in [0.3, 0.4) is 0 Å². The highest BCUT2D eigenvalue weighted by Gasteiger charge is 2.30. The summed E-state index contributed by atoms with van der Waals surface area (Å²) < 4.78 is 33.8. The third kappa shape index (κ3) is 5.24. The molecule has 0 unspecified atom stereocenters. The summed E-state index contributed by atoms with van der Waals surface area (Å²) in [4.78, 5) is 20.5. The zero-order valence-electron chi connectivity index (χ0n) is 18.6. The number of carbonyl (C=O) groups excluding carboxylic acids is 1. The minimum atomic E-state index is -1.07. The van der Waals surface area contributed by atoms with Crippen LogP contribution in [0, 0.1) is 11.6 Å². The Labute approximate surface area is 190 Å². The van der Waals surface area contributed by atoms with Gasteiger partial charge in [0.25, 0.3) is 0 Å². The number of carbonyl (C=O) groups is 1. The van der Waals surface area contributed by atoms with Gasteiger partial charge in [0.05, 0.1) is 29.8 Å². The van der Waals surface area contributed by atoms with Crippen LogP contribution in [0.25, 0.3) is 11.0 Å². The minimum absolute atomic E-state index is 0.0145. The van der Waals surface area contributed by atoms with Crippen molar-refractivity contribution in [2.45, 2.75) is 56.7 Å². The standard InChI is InChI=1S/C24H28F2N4O3/c1-24(32)11-9-15(10-12-24)27-23(31)30-18(22-28-16-5-3-4-6-17(16)29-22)13-14-7-8-19(33-2)21(26)20(14)25/h3-8,15,18,32H,9-13H2,1-2H3,(H,28,29)(H2,27,30,31)/t15?,18-,24?/m1/s1. The Morgan fingerprint density at radius 3 is 2.67 bits per heavy atom. The van der Waals surface area contributed by atoms with Gasteiger partial charge in [0, 0.05) is 12.5 Å². The highest BCUT2D eigenvalue weighted by molar-refractivity contribution is 5.76. The van der Waals surface area contributed by atoms with Crippen molar-refractivity contribution in [3.63, 3.8) is 0 Å². The molecular weight excluding hydrogens is 430 g/mol. The van der Waals surface area contributed by atoms with Crippen LogP contribution in [0.2, 0.25) is 0 Å². The Morgan fingerprint density at radius 1 is 1.24 bits per heavy atom. The molecule has 4 rings (SSSR count). The van der Waals surface area contributed by atoms with Crippen LogP contribution in [0.1, 0.15) is 50.0 Å². The van der Waals surface area contributed by atoms with Gasteiger partial charge in [0.1, 0.15) is 5.82 Å². The number of fused-ring (bicyclic) bond motifs is 1. The molecule has 2 amide bonds. The van der Waals surface area contributed by atoms with Crippen LogP contribution in [0.4, 0.5) is 13.6 Å². The average Bonchev–Trinajstić information content (AvgIpc) is 3.22. The molecule has 0 bridgehead atoms. The van der Waals surface area contributed by atoms with Gasteiger partial charge in [-0.2, -0.15) is 4.39 Å². The Kier molecular flexibility index (Phi) is 6.51. The Hall–Kier alpha value is -3.20. The van der Waals surface area contributed by atoms with Crippen LogP contribution in [0.15, 0.2) is 36.4 Å². The fourth-order valence-corrected chi connectivity index (χ4v) is 4.23. The molecular formula is C24H28F2N4O3. The molecule has 0 radical (unpaired) electrons. The van der Waals surface area contributed by atoms with Crippen molar-refractivity contribution >= 4 is 17.1 Å². The van der Waals surface area contributed by atoms with E-state index in [9.17, 15) is 18.7 Å². The summed E-state index contributed by atoms with van der Waals surface area (Å²) >= 11 is 0. The molecule has 1 atom stereocenters. The molecule has 9 heteroatoms. The lowest BCUT2D eigenvalue weighted by Gasteiger charge is -2.33. The lowest BCUT2D eigenvalue weighted by Crippen LogP contribution is -2.47. The van der Waals surface area contributed by atoms with E-state index in [2.05, 4.69) is 20.6 Å². The Balaban J connectivity index is 1.55. The van der Waals surface area contributed by atoms with E-state index in [1.807, 2.05) is 24.3 Å². The number of halogens is 2. The first-order valence-corrected chi connectivity index (χ1v) is 11.0. The summed E-state index contributed by atoms with van der Waals surface area (Å²) in [5, 5.41) is 15.9. The summed E-state index contributed by atoms with van der Waals surface area (Å²) in [6, 6.07) is 8.95. The van der Waals surface area contributed by atoms with Crippen molar-refractivity contribution in [3.8, 4) is 5.75 Å². The number of nitrogens with zero attached hydrogens (tertiary/aromatic N) is 1. The van der Waals surface area contributed by atoms with Crippen molar-refractivity contribution in [3.05, 3.63) is 59.4 Å². The van der Waals surface area contributed by atoms with Crippen molar-refractivity contribution in [2.75, 3.05) is 7.11 Å². The number of amides is 2. The van der Waals surface area contributed by atoms with Gasteiger partial charge in [-0.05, 0) is 56.4 Å². The van der Waals surface area contributed by atoms with Crippen LogP contribution < -0.4 is 15.4 Å². The SMILES string of the molecule is COc1ccc(C[C@@H](NC(=O)NC2CCC(C)(O)CC2)c2nc3ccccc3[nH]2)c(F)c1F. The first-order valence-electron chi connectivity index (χ1n) is 11.0. The smallest absolute Gasteiger partial charge is 0.315 e. The fourth-order valence-electron chi connectivity index (χ4n) is 4.23. The van der Waals surface area contributed by atoms with Crippen molar-refractivity contribution in [2.24, 2.45) is 0 Å². The van der Waals surface area contributed by atoms with E-state index in [0.717, 1.165) is 5.52 Å². The highest BCUT2D eigenvalue weighted by atomic mass is 19.2. The molecule has 4 N–H and O–H groups in total. The second-order valence-electron chi connectivity index (χ2n) is 8.84. The minimum Gasteiger partial charge on any atom is -0.494 e. The number of para-hydroxylation sites is 2. The third-order valence-electron chi connectivity index (χ3n) is 6.21. The normalized spacial score (nSPS) is 21.5. The number of aromatic amines is 1. The molecule has 7 nitrogen and oxygen atoms in total. The molecule has 2 aromatic carbocycles. The number of aliphatic hydroxyl groups is 1. The summed E-state index contributed by atoms with van der Waals surface area (Å²) in [5.74, 6) is -1.84. The van der Waals surface area contributed by atoms with E-state index < -0.39 is 29.3 Å². The summed E-state index contributed by atoms with van der Waals surface area (Å²) in [6.45, 7) is 1.80. The van der Waals surface area contributed by atoms with E-state index in [4.69, 9.17) is 4.74 Å². The number of imidazole rings is 1. The predicted octanol–water partition coefficient (Wildman–Crippen LogP) is 4.13. The zero-order valence-corrected chi connectivity index (χ0v) is 18.6. The van der Waals surface area contributed by atoms with Gasteiger partial charge in [-0.3, -0.25) is 0 Å².